The van der Waals surface area contributed by atoms with Gasteiger partial charge in [-0.25, -0.2) is 9.97 Å². The summed E-state index contributed by atoms with van der Waals surface area (Å²) in [6.07, 6.45) is 6.56. The third-order valence-electron chi connectivity index (χ3n) is 5.34. The summed E-state index contributed by atoms with van der Waals surface area (Å²) in [6, 6.07) is 7.91. The third-order valence-corrected chi connectivity index (χ3v) is 5.34. The Hall–Kier alpha value is -2.93. The molecule has 1 aromatic carbocycles. The molecule has 1 aliphatic rings. The minimum Gasteiger partial charge on any atom is -0.464 e. The Morgan fingerprint density at radius 2 is 1.97 bits per heavy atom. The first kappa shape index (κ1) is 19.4. The van der Waals surface area contributed by atoms with E-state index in [1.54, 1.807) is 18.7 Å². The SMILES string of the molecule is Cc1ccc2c(CC(=O)NCCCN3CCN(c4ncccn4)CC3)coc2c1. The van der Waals surface area contributed by atoms with Crippen LogP contribution in [0.1, 0.15) is 17.5 Å². The normalized spacial score (nSPS) is 15.0. The van der Waals surface area contributed by atoms with Crippen LogP contribution in [0.5, 0.6) is 0 Å². The molecule has 29 heavy (non-hydrogen) atoms. The predicted octanol–water partition coefficient (Wildman–Crippen LogP) is 2.40. The minimum absolute atomic E-state index is 0.0410. The second-order valence-electron chi connectivity index (χ2n) is 7.52. The number of aromatic nitrogens is 2. The van der Waals surface area contributed by atoms with Gasteiger partial charge < -0.3 is 14.6 Å². The van der Waals surface area contributed by atoms with Crippen molar-refractivity contribution >= 4 is 22.8 Å². The summed E-state index contributed by atoms with van der Waals surface area (Å²) in [5, 5.41) is 4.05. The molecule has 3 aromatic rings. The number of anilines is 1. The number of hydrogen-bond donors (Lipinski definition) is 1. The van der Waals surface area contributed by atoms with Crippen LogP contribution in [0.3, 0.4) is 0 Å². The maximum Gasteiger partial charge on any atom is 0.225 e. The zero-order valence-electron chi connectivity index (χ0n) is 16.8. The molecule has 0 saturated carbocycles. The standard InChI is InChI=1S/C22H27N5O2/c1-17-4-5-19-18(16-29-20(19)14-17)15-21(28)23-8-3-9-26-10-12-27(13-11-26)22-24-6-2-7-25-22/h2,4-7,14,16H,3,8-13,15H2,1H3,(H,23,28). The summed E-state index contributed by atoms with van der Waals surface area (Å²) in [4.78, 5) is 25.6. The lowest BCUT2D eigenvalue weighted by atomic mass is 10.1. The zero-order chi connectivity index (χ0) is 20.1. The van der Waals surface area contributed by atoms with Gasteiger partial charge in [-0.2, -0.15) is 0 Å². The highest BCUT2D eigenvalue weighted by molar-refractivity contribution is 5.87. The first-order valence-corrected chi connectivity index (χ1v) is 10.2. The van der Waals surface area contributed by atoms with E-state index in [0.29, 0.717) is 13.0 Å². The molecular formula is C22H27N5O2. The van der Waals surface area contributed by atoms with Gasteiger partial charge in [-0.15, -0.1) is 0 Å². The fraction of sp³-hybridized carbons (Fsp3) is 0.409. The van der Waals surface area contributed by atoms with Gasteiger partial charge in [0.05, 0.1) is 12.7 Å². The third kappa shape index (κ3) is 4.92. The summed E-state index contributed by atoms with van der Waals surface area (Å²) < 4.78 is 5.58. The van der Waals surface area contributed by atoms with Crippen LogP contribution >= 0.6 is 0 Å². The summed E-state index contributed by atoms with van der Waals surface area (Å²) in [5.74, 6) is 0.848. The number of carbonyl (C=O) groups is 1. The number of amides is 1. The average Bonchev–Trinajstić information content (AvgIpc) is 3.14. The van der Waals surface area contributed by atoms with Gasteiger partial charge in [0.2, 0.25) is 11.9 Å². The molecule has 7 heteroatoms. The summed E-state index contributed by atoms with van der Waals surface area (Å²) in [5.41, 5.74) is 2.93. The average molecular weight is 393 g/mol. The van der Waals surface area contributed by atoms with E-state index >= 15 is 0 Å². The topological polar surface area (TPSA) is 74.5 Å². The zero-order valence-corrected chi connectivity index (χ0v) is 16.8. The largest absolute Gasteiger partial charge is 0.464 e. The van der Waals surface area contributed by atoms with Crippen molar-refractivity contribution in [1.29, 1.82) is 0 Å². The van der Waals surface area contributed by atoms with E-state index < -0.39 is 0 Å². The molecule has 1 aliphatic heterocycles. The van der Waals surface area contributed by atoms with Crippen LogP contribution < -0.4 is 10.2 Å². The highest BCUT2D eigenvalue weighted by Gasteiger charge is 2.18. The number of piperazine rings is 1. The molecule has 0 radical (unpaired) electrons. The quantitative estimate of drug-likeness (QED) is 0.622. The number of fused-ring (bicyclic) bond motifs is 1. The molecule has 1 saturated heterocycles. The van der Waals surface area contributed by atoms with Gasteiger partial charge in [0.1, 0.15) is 5.58 Å². The van der Waals surface area contributed by atoms with Crippen molar-refractivity contribution in [3.8, 4) is 0 Å². The summed E-state index contributed by atoms with van der Waals surface area (Å²) >= 11 is 0. The van der Waals surface area contributed by atoms with Gasteiger partial charge in [-0.05, 0) is 37.6 Å². The molecule has 1 N–H and O–H groups in total. The molecule has 0 spiro atoms. The number of nitrogens with one attached hydrogen (secondary N) is 1. The molecule has 2 aromatic heterocycles. The molecule has 152 valence electrons. The number of aryl methyl sites for hydroxylation is 1. The lowest BCUT2D eigenvalue weighted by molar-refractivity contribution is -0.120. The number of rotatable bonds is 7. The number of furan rings is 1. The monoisotopic (exact) mass is 393 g/mol. The van der Waals surface area contributed by atoms with E-state index in [-0.39, 0.29) is 5.91 Å². The van der Waals surface area contributed by atoms with Crippen LogP contribution in [0.2, 0.25) is 0 Å². The number of nitrogens with zero attached hydrogens (tertiary/aromatic N) is 4. The fourth-order valence-electron chi connectivity index (χ4n) is 3.72. The van der Waals surface area contributed by atoms with Crippen molar-refractivity contribution in [3.63, 3.8) is 0 Å². The molecule has 0 unspecified atom stereocenters. The fourth-order valence-corrected chi connectivity index (χ4v) is 3.72. The van der Waals surface area contributed by atoms with Crippen molar-refractivity contribution in [2.75, 3.05) is 44.2 Å². The summed E-state index contributed by atoms with van der Waals surface area (Å²) in [7, 11) is 0. The van der Waals surface area contributed by atoms with Crippen LogP contribution in [0.25, 0.3) is 11.0 Å². The molecule has 1 amide bonds. The Bertz CT molecular complexity index is 948. The summed E-state index contributed by atoms with van der Waals surface area (Å²) in [6.45, 7) is 7.56. The first-order valence-electron chi connectivity index (χ1n) is 10.2. The molecule has 1 fully saturated rings. The second kappa shape index (κ2) is 9.05. The number of benzene rings is 1. The van der Waals surface area contributed by atoms with Gasteiger partial charge in [0.25, 0.3) is 0 Å². The Morgan fingerprint density at radius 1 is 1.17 bits per heavy atom. The molecule has 0 atom stereocenters. The van der Waals surface area contributed by atoms with Crippen LogP contribution in [0, 0.1) is 6.92 Å². The van der Waals surface area contributed by atoms with E-state index in [2.05, 4.69) is 25.1 Å². The van der Waals surface area contributed by atoms with E-state index in [4.69, 9.17) is 4.42 Å². The molecule has 0 bridgehead atoms. The Morgan fingerprint density at radius 3 is 2.76 bits per heavy atom. The van der Waals surface area contributed by atoms with Crippen molar-refractivity contribution < 1.29 is 9.21 Å². The van der Waals surface area contributed by atoms with E-state index in [1.165, 1.54) is 0 Å². The van der Waals surface area contributed by atoms with Crippen molar-refractivity contribution in [1.82, 2.24) is 20.2 Å². The first-order chi connectivity index (χ1) is 14.2. The number of carbonyl (C=O) groups excluding carboxylic acids is 1. The highest BCUT2D eigenvalue weighted by atomic mass is 16.3. The molecule has 7 nitrogen and oxygen atoms in total. The van der Waals surface area contributed by atoms with Crippen LogP contribution in [-0.4, -0.2) is 60.0 Å². The molecular weight excluding hydrogens is 366 g/mol. The Balaban J connectivity index is 1.16. The Kier molecular flexibility index (Phi) is 6.05. The molecule has 0 aliphatic carbocycles. The predicted molar refractivity (Wildman–Crippen MR) is 113 cm³/mol. The molecule has 3 heterocycles. The van der Waals surface area contributed by atoms with Crippen LogP contribution in [-0.2, 0) is 11.2 Å². The van der Waals surface area contributed by atoms with Gasteiger partial charge in [-0.3, -0.25) is 9.69 Å². The van der Waals surface area contributed by atoms with E-state index in [9.17, 15) is 4.79 Å². The highest BCUT2D eigenvalue weighted by Crippen LogP contribution is 2.22. The second-order valence-corrected chi connectivity index (χ2v) is 7.52. The van der Waals surface area contributed by atoms with Crippen molar-refractivity contribution in [3.05, 3.63) is 54.0 Å². The van der Waals surface area contributed by atoms with Gasteiger partial charge in [-0.1, -0.05) is 12.1 Å². The molecule has 4 rings (SSSR count). The smallest absolute Gasteiger partial charge is 0.225 e. The lowest BCUT2D eigenvalue weighted by Crippen LogP contribution is -2.47. The lowest BCUT2D eigenvalue weighted by Gasteiger charge is -2.34. The van der Waals surface area contributed by atoms with Crippen molar-refractivity contribution in [2.45, 2.75) is 19.8 Å². The van der Waals surface area contributed by atoms with Gasteiger partial charge in [0, 0.05) is 56.1 Å². The van der Waals surface area contributed by atoms with Crippen LogP contribution in [0.4, 0.5) is 5.95 Å². The maximum atomic E-state index is 12.3. The maximum absolute atomic E-state index is 12.3. The van der Waals surface area contributed by atoms with E-state index in [0.717, 1.165) is 67.2 Å². The van der Waals surface area contributed by atoms with E-state index in [1.807, 2.05) is 31.2 Å². The van der Waals surface area contributed by atoms with Crippen LogP contribution in [0.15, 0.2) is 47.3 Å². The number of hydrogen-bond acceptors (Lipinski definition) is 6. The Labute approximate surface area is 170 Å². The van der Waals surface area contributed by atoms with Crippen molar-refractivity contribution in [2.24, 2.45) is 0 Å². The van der Waals surface area contributed by atoms with Gasteiger partial charge in [0.15, 0.2) is 0 Å². The minimum atomic E-state index is 0.0410. The van der Waals surface area contributed by atoms with Gasteiger partial charge >= 0.3 is 0 Å².